The summed E-state index contributed by atoms with van der Waals surface area (Å²) in [5.41, 5.74) is 0. The Labute approximate surface area is 465 Å². The second kappa shape index (κ2) is 63.4. The second-order valence-corrected chi connectivity index (χ2v) is 21.6. The van der Waals surface area contributed by atoms with Gasteiger partial charge in [-0.25, -0.2) is 0 Å². The Kier molecular flexibility index (Phi) is 60.7. The number of esters is 3. The van der Waals surface area contributed by atoms with Crippen molar-refractivity contribution in [3.8, 4) is 0 Å². The molecule has 0 rings (SSSR count). The van der Waals surface area contributed by atoms with E-state index in [-0.39, 0.29) is 31.1 Å². The third-order valence-corrected chi connectivity index (χ3v) is 14.2. The van der Waals surface area contributed by atoms with Crippen LogP contribution in [0, 0.1) is 0 Å². The average Bonchev–Trinajstić information content (AvgIpc) is 3.41. The van der Waals surface area contributed by atoms with E-state index < -0.39 is 6.10 Å². The van der Waals surface area contributed by atoms with Crippen LogP contribution in [0.3, 0.4) is 0 Å². The van der Waals surface area contributed by atoms with E-state index in [9.17, 15) is 14.4 Å². The Hall–Kier alpha value is -3.15. The molecule has 0 bridgehead atoms. The van der Waals surface area contributed by atoms with Crippen molar-refractivity contribution in [2.45, 2.75) is 335 Å². The molecule has 0 aromatic heterocycles. The molecule has 0 fully saturated rings. The summed E-state index contributed by atoms with van der Waals surface area (Å²) in [7, 11) is 0. The molecule has 0 aromatic rings. The molecular formula is C69H122O6. The monoisotopic (exact) mass is 1050 g/mol. The number of ether oxygens (including phenoxy) is 3. The first-order valence-electron chi connectivity index (χ1n) is 32.4. The van der Waals surface area contributed by atoms with Gasteiger partial charge in [-0.05, 0) is 109 Å². The number of hydrogen-bond donors (Lipinski definition) is 0. The lowest BCUT2D eigenvalue weighted by atomic mass is 10.0. The van der Waals surface area contributed by atoms with Gasteiger partial charge in [-0.3, -0.25) is 14.4 Å². The first-order valence-corrected chi connectivity index (χ1v) is 32.4. The van der Waals surface area contributed by atoms with E-state index in [1.807, 2.05) is 0 Å². The summed E-state index contributed by atoms with van der Waals surface area (Å²) in [6.45, 7) is 6.54. The molecule has 434 valence electrons. The fourth-order valence-corrected chi connectivity index (χ4v) is 9.31. The van der Waals surface area contributed by atoms with Crippen molar-refractivity contribution >= 4 is 17.9 Å². The molecule has 0 spiro atoms. The Bertz CT molecular complexity index is 1390. The molecule has 0 N–H and O–H groups in total. The van der Waals surface area contributed by atoms with E-state index >= 15 is 0 Å². The summed E-state index contributed by atoms with van der Waals surface area (Å²) in [6.07, 6.45) is 81.9. The molecule has 0 saturated carbocycles. The van der Waals surface area contributed by atoms with Gasteiger partial charge in [0.2, 0.25) is 0 Å². The molecule has 0 aliphatic rings. The highest BCUT2D eigenvalue weighted by Crippen LogP contribution is 2.16. The van der Waals surface area contributed by atoms with E-state index in [2.05, 4.69) is 93.7 Å². The van der Waals surface area contributed by atoms with Crippen molar-refractivity contribution in [2.24, 2.45) is 0 Å². The van der Waals surface area contributed by atoms with Gasteiger partial charge in [0, 0.05) is 19.3 Å². The molecule has 0 heterocycles. The smallest absolute Gasteiger partial charge is 0.306 e. The van der Waals surface area contributed by atoms with Crippen LogP contribution in [-0.4, -0.2) is 37.2 Å². The second-order valence-electron chi connectivity index (χ2n) is 21.6. The number of allylic oxidation sites excluding steroid dienone is 12. The maximum atomic E-state index is 12.9. The topological polar surface area (TPSA) is 78.9 Å². The lowest BCUT2D eigenvalue weighted by molar-refractivity contribution is -0.167. The molecule has 0 aliphatic heterocycles. The first kappa shape index (κ1) is 71.8. The van der Waals surface area contributed by atoms with Gasteiger partial charge >= 0.3 is 17.9 Å². The summed E-state index contributed by atoms with van der Waals surface area (Å²) >= 11 is 0. The molecule has 0 saturated heterocycles. The van der Waals surface area contributed by atoms with Gasteiger partial charge in [0.15, 0.2) is 6.10 Å². The summed E-state index contributed by atoms with van der Waals surface area (Å²) in [5.74, 6) is -0.878. The summed E-state index contributed by atoms with van der Waals surface area (Å²) < 4.78 is 16.9. The fourth-order valence-electron chi connectivity index (χ4n) is 9.31. The molecule has 0 aromatic carbocycles. The van der Waals surface area contributed by atoms with E-state index in [1.165, 1.54) is 199 Å². The van der Waals surface area contributed by atoms with Gasteiger partial charge in [0.1, 0.15) is 13.2 Å². The molecule has 0 amide bonds. The van der Waals surface area contributed by atoms with E-state index in [0.29, 0.717) is 19.3 Å². The maximum Gasteiger partial charge on any atom is 0.306 e. The minimum absolute atomic E-state index is 0.0786. The minimum Gasteiger partial charge on any atom is -0.462 e. The zero-order valence-corrected chi connectivity index (χ0v) is 49.8. The van der Waals surface area contributed by atoms with Crippen molar-refractivity contribution in [3.05, 3.63) is 72.9 Å². The number of unbranched alkanes of at least 4 members (excludes halogenated alkanes) is 36. The number of hydrogen-bond acceptors (Lipinski definition) is 6. The predicted octanol–water partition coefficient (Wildman–Crippen LogP) is 22.1. The standard InChI is InChI=1S/C69H122O6/c1-4-7-10-13-16-19-22-25-28-30-32-33-34-35-36-37-38-40-41-44-47-50-53-56-59-62-68(71)74-65-66(64-73-67(70)61-58-55-52-49-46-43-27-24-21-18-15-12-9-6-3)75-69(72)63-60-57-54-51-48-45-42-39-31-29-26-23-20-17-14-11-8-5-2/h7,10,16,19,24-25,27-29,31-33,66H,4-6,8-9,11-15,17-18,20-23,26,30,34-65H2,1-3H3/b10-7-,19-16-,27-24-,28-25-,31-29-,33-32-. The van der Waals surface area contributed by atoms with Gasteiger partial charge in [-0.1, -0.05) is 273 Å². The zero-order valence-electron chi connectivity index (χ0n) is 49.8. The van der Waals surface area contributed by atoms with Crippen molar-refractivity contribution in [3.63, 3.8) is 0 Å². The van der Waals surface area contributed by atoms with Crippen LogP contribution in [0.5, 0.6) is 0 Å². The van der Waals surface area contributed by atoms with Crippen LogP contribution in [0.4, 0.5) is 0 Å². The molecule has 0 aliphatic carbocycles. The number of rotatable bonds is 59. The van der Waals surface area contributed by atoms with E-state index in [1.54, 1.807) is 0 Å². The normalized spacial score (nSPS) is 12.5. The molecule has 0 radical (unpaired) electrons. The van der Waals surface area contributed by atoms with Crippen molar-refractivity contribution < 1.29 is 28.6 Å². The first-order chi connectivity index (χ1) is 37.0. The maximum absolute atomic E-state index is 12.9. The van der Waals surface area contributed by atoms with Gasteiger partial charge in [-0.15, -0.1) is 0 Å². The van der Waals surface area contributed by atoms with Gasteiger partial charge in [0.05, 0.1) is 0 Å². The lowest BCUT2D eigenvalue weighted by Crippen LogP contribution is -2.30. The molecule has 6 nitrogen and oxygen atoms in total. The predicted molar refractivity (Wildman–Crippen MR) is 325 cm³/mol. The SMILES string of the molecule is CC/C=C\C/C=C\C/C=C\C/C=C\CCCCCCCCCCCCCCC(=O)OCC(COC(=O)CCCCCCC/C=C\CCCCCCC)OC(=O)CCCCCCCCC/C=C\CCCCCCCCC. The molecule has 6 heteroatoms. The van der Waals surface area contributed by atoms with Crippen LogP contribution in [0.25, 0.3) is 0 Å². The number of carbonyl (C=O) groups is 3. The highest BCUT2D eigenvalue weighted by molar-refractivity contribution is 5.71. The summed E-state index contributed by atoms with van der Waals surface area (Å²) in [5, 5.41) is 0. The third-order valence-electron chi connectivity index (χ3n) is 14.2. The van der Waals surface area contributed by atoms with Crippen LogP contribution in [-0.2, 0) is 28.6 Å². The Morgan fingerprint density at radius 1 is 0.280 bits per heavy atom. The Balaban J connectivity index is 4.31. The molecule has 1 unspecified atom stereocenters. The quantitative estimate of drug-likeness (QED) is 0.0261. The highest BCUT2D eigenvalue weighted by atomic mass is 16.6. The Morgan fingerprint density at radius 2 is 0.520 bits per heavy atom. The van der Waals surface area contributed by atoms with Crippen LogP contribution >= 0.6 is 0 Å². The third kappa shape index (κ3) is 61.6. The van der Waals surface area contributed by atoms with Crippen LogP contribution in [0.1, 0.15) is 329 Å². The lowest BCUT2D eigenvalue weighted by Gasteiger charge is -2.18. The van der Waals surface area contributed by atoms with Gasteiger partial charge in [-0.2, -0.15) is 0 Å². The minimum atomic E-state index is -0.782. The average molecular weight is 1050 g/mol. The van der Waals surface area contributed by atoms with Crippen LogP contribution in [0.2, 0.25) is 0 Å². The van der Waals surface area contributed by atoms with E-state index in [4.69, 9.17) is 14.2 Å². The molecule has 75 heavy (non-hydrogen) atoms. The molecular weight excluding hydrogens is 925 g/mol. The van der Waals surface area contributed by atoms with E-state index in [0.717, 1.165) is 89.9 Å². The van der Waals surface area contributed by atoms with Gasteiger partial charge < -0.3 is 14.2 Å². The number of carbonyl (C=O) groups excluding carboxylic acids is 3. The van der Waals surface area contributed by atoms with Crippen molar-refractivity contribution in [1.29, 1.82) is 0 Å². The van der Waals surface area contributed by atoms with Crippen molar-refractivity contribution in [2.75, 3.05) is 13.2 Å². The van der Waals surface area contributed by atoms with Gasteiger partial charge in [0.25, 0.3) is 0 Å². The zero-order chi connectivity index (χ0) is 54.3. The highest BCUT2D eigenvalue weighted by Gasteiger charge is 2.19. The Morgan fingerprint density at radius 3 is 0.827 bits per heavy atom. The van der Waals surface area contributed by atoms with Crippen molar-refractivity contribution in [1.82, 2.24) is 0 Å². The summed E-state index contributed by atoms with van der Waals surface area (Å²) in [4.78, 5) is 38.3. The fraction of sp³-hybridized carbons (Fsp3) is 0.783. The van der Waals surface area contributed by atoms with Crippen LogP contribution < -0.4 is 0 Å². The summed E-state index contributed by atoms with van der Waals surface area (Å²) in [6, 6.07) is 0. The molecule has 1 atom stereocenters. The largest absolute Gasteiger partial charge is 0.462 e. The van der Waals surface area contributed by atoms with Crippen LogP contribution in [0.15, 0.2) is 72.9 Å².